The fraction of sp³-hybridized carbons (Fsp3) is 0.350. The molecule has 0 aromatic heterocycles. The maximum Gasteiger partial charge on any atom is 0.253 e. The summed E-state index contributed by atoms with van der Waals surface area (Å²) in [4.78, 5) is 12.9. The van der Waals surface area contributed by atoms with Crippen molar-refractivity contribution in [3.05, 3.63) is 68.4 Å². The molecule has 3 rings (SSSR count). The topological polar surface area (TPSA) is 49.3 Å². The zero-order valence-corrected chi connectivity index (χ0v) is 17.0. The van der Waals surface area contributed by atoms with Crippen LogP contribution in [-0.4, -0.2) is 22.8 Å². The second kappa shape index (κ2) is 8.54. The van der Waals surface area contributed by atoms with Crippen molar-refractivity contribution >= 4 is 40.7 Å². The van der Waals surface area contributed by atoms with Crippen molar-refractivity contribution < 1.29 is 18.7 Å². The number of alkyl halides is 1. The van der Waals surface area contributed by atoms with E-state index in [-0.39, 0.29) is 51.9 Å². The standard InChI is InChI=1S/C20H18Cl3F2NO2/c21-14-5-1-4-13(16(14)22)19(27)26-18(12-3-2-6-15(25)17(12)23)20(28)9-7-11(24)8-10-20/h1-6,11,18,28H,7-10H2,(H,26,27). The average molecular weight is 449 g/mol. The van der Waals surface area contributed by atoms with Gasteiger partial charge in [-0.25, -0.2) is 8.78 Å². The van der Waals surface area contributed by atoms with Crippen LogP contribution in [0.1, 0.15) is 47.6 Å². The van der Waals surface area contributed by atoms with E-state index in [1.54, 1.807) is 6.07 Å². The molecule has 1 unspecified atom stereocenters. The molecular formula is C20H18Cl3F2NO2. The number of amides is 1. The lowest BCUT2D eigenvalue weighted by molar-refractivity contribution is -0.0445. The molecule has 0 saturated heterocycles. The van der Waals surface area contributed by atoms with Gasteiger partial charge in [0.05, 0.1) is 32.3 Å². The summed E-state index contributed by atoms with van der Waals surface area (Å²) >= 11 is 18.2. The molecule has 0 bridgehead atoms. The monoisotopic (exact) mass is 447 g/mol. The highest BCUT2D eigenvalue weighted by Crippen LogP contribution is 2.42. The Hall–Kier alpha value is -1.40. The van der Waals surface area contributed by atoms with Crippen LogP contribution in [-0.2, 0) is 0 Å². The van der Waals surface area contributed by atoms with Crippen LogP contribution in [0.15, 0.2) is 36.4 Å². The number of hydrogen-bond acceptors (Lipinski definition) is 2. The Morgan fingerprint density at radius 1 is 1.11 bits per heavy atom. The molecule has 1 saturated carbocycles. The predicted molar refractivity (Wildman–Crippen MR) is 106 cm³/mol. The van der Waals surface area contributed by atoms with E-state index in [0.29, 0.717) is 0 Å². The molecular weight excluding hydrogens is 431 g/mol. The lowest BCUT2D eigenvalue weighted by Crippen LogP contribution is -2.48. The number of nitrogens with one attached hydrogen (secondary N) is 1. The van der Waals surface area contributed by atoms with Gasteiger partial charge < -0.3 is 10.4 Å². The van der Waals surface area contributed by atoms with Gasteiger partial charge in [-0.3, -0.25) is 4.79 Å². The minimum absolute atomic E-state index is 0.0604. The molecule has 1 aliphatic rings. The Morgan fingerprint density at radius 3 is 2.43 bits per heavy atom. The van der Waals surface area contributed by atoms with Crippen molar-refractivity contribution in [2.24, 2.45) is 0 Å². The van der Waals surface area contributed by atoms with E-state index in [4.69, 9.17) is 34.8 Å². The maximum atomic E-state index is 14.0. The average Bonchev–Trinajstić information content (AvgIpc) is 2.67. The highest BCUT2D eigenvalue weighted by atomic mass is 35.5. The molecule has 2 N–H and O–H groups in total. The molecule has 0 heterocycles. The third-order valence-corrected chi connectivity index (χ3v) is 6.30. The van der Waals surface area contributed by atoms with Crippen LogP contribution in [0.25, 0.3) is 0 Å². The third kappa shape index (κ3) is 4.28. The number of carbonyl (C=O) groups is 1. The first-order valence-electron chi connectivity index (χ1n) is 8.78. The van der Waals surface area contributed by atoms with Gasteiger partial charge in [0, 0.05) is 0 Å². The summed E-state index contributed by atoms with van der Waals surface area (Å²) < 4.78 is 27.7. The van der Waals surface area contributed by atoms with Crippen LogP contribution in [0.3, 0.4) is 0 Å². The Balaban J connectivity index is 2.00. The number of rotatable bonds is 4. The van der Waals surface area contributed by atoms with Crippen molar-refractivity contribution in [3.8, 4) is 0 Å². The van der Waals surface area contributed by atoms with Crippen molar-refractivity contribution in [2.45, 2.75) is 43.5 Å². The van der Waals surface area contributed by atoms with E-state index in [0.717, 1.165) is 0 Å². The molecule has 0 radical (unpaired) electrons. The zero-order chi connectivity index (χ0) is 20.5. The lowest BCUT2D eigenvalue weighted by Gasteiger charge is -2.41. The third-order valence-electron chi connectivity index (χ3n) is 5.08. The van der Waals surface area contributed by atoms with Gasteiger partial charge in [-0.05, 0) is 49.4 Å². The van der Waals surface area contributed by atoms with Gasteiger partial charge in [0.25, 0.3) is 5.91 Å². The van der Waals surface area contributed by atoms with Gasteiger partial charge in [0.15, 0.2) is 0 Å². The molecule has 3 nitrogen and oxygen atoms in total. The van der Waals surface area contributed by atoms with Gasteiger partial charge in [0.1, 0.15) is 12.0 Å². The van der Waals surface area contributed by atoms with Crippen LogP contribution < -0.4 is 5.32 Å². The number of aliphatic hydroxyl groups is 1. The number of carbonyl (C=O) groups excluding carboxylic acids is 1. The Morgan fingerprint density at radius 2 is 1.75 bits per heavy atom. The highest BCUT2D eigenvalue weighted by molar-refractivity contribution is 6.43. The second-order valence-electron chi connectivity index (χ2n) is 6.93. The molecule has 1 atom stereocenters. The molecule has 1 aliphatic carbocycles. The Kier molecular flexibility index (Phi) is 6.50. The molecule has 1 fully saturated rings. The summed E-state index contributed by atoms with van der Waals surface area (Å²) in [5, 5.41) is 14.0. The quantitative estimate of drug-likeness (QED) is 0.612. The number of hydrogen-bond donors (Lipinski definition) is 2. The van der Waals surface area contributed by atoms with Crippen LogP contribution in [0.4, 0.5) is 8.78 Å². The van der Waals surface area contributed by atoms with E-state index in [2.05, 4.69) is 5.32 Å². The van der Waals surface area contributed by atoms with Gasteiger partial charge in [0.2, 0.25) is 0 Å². The van der Waals surface area contributed by atoms with E-state index < -0.39 is 29.5 Å². The van der Waals surface area contributed by atoms with Crippen molar-refractivity contribution in [2.75, 3.05) is 0 Å². The molecule has 0 aliphatic heterocycles. The largest absolute Gasteiger partial charge is 0.387 e. The molecule has 150 valence electrons. The van der Waals surface area contributed by atoms with Gasteiger partial charge >= 0.3 is 0 Å². The molecule has 2 aromatic carbocycles. The summed E-state index contributed by atoms with van der Waals surface area (Å²) in [5.74, 6) is -1.28. The van der Waals surface area contributed by atoms with Crippen LogP contribution >= 0.6 is 34.8 Å². The van der Waals surface area contributed by atoms with Crippen molar-refractivity contribution in [3.63, 3.8) is 0 Å². The Bertz CT molecular complexity index is 886. The van der Waals surface area contributed by atoms with Gasteiger partial charge in [-0.15, -0.1) is 0 Å². The normalized spacial score (nSPS) is 23.3. The van der Waals surface area contributed by atoms with Crippen LogP contribution in [0.2, 0.25) is 15.1 Å². The van der Waals surface area contributed by atoms with Crippen LogP contribution in [0, 0.1) is 5.82 Å². The van der Waals surface area contributed by atoms with Gasteiger partial charge in [-0.2, -0.15) is 0 Å². The number of halogens is 5. The summed E-state index contributed by atoms with van der Waals surface area (Å²) in [5.41, 5.74) is -1.16. The first-order chi connectivity index (χ1) is 13.2. The minimum atomic E-state index is -1.49. The first kappa shape index (κ1) is 21.3. The van der Waals surface area contributed by atoms with E-state index in [9.17, 15) is 18.7 Å². The fourth-order valence-corrected chi connectivity index (χ4v) is 4.13. The number of benzene rings is 2. The zero-order valence-electron chi connectivity index (χ0n) is 14.7. The first-order valence-corrected chi connectivity index (χ1v) is 9.91. The molecule has 2 aromatic rings. The fourth-order valence-electron chi connectivity index (χ4n) is 3.50. The molecule has 1 amide bonds. The maximum absolute atomic E-state index is 14.0. The molecule has 28 heavy (non-hydrogen) atoms. The highest BCUT2D eigenvalue weighted by Gasteiger charge is 2.43. The summed E-state index contributed by atoms with van der Waals surface area (Å²) in [6.07, 6.45) is -0.576. The molecule has 0 spiro atoms. The van der Waals surface area contributed by atoms with E-state index in [1.165, 1.54) is 30.3 Å². The van der Waals surface area contributed by atoms with E-state index >= 15 is 0 Å². The minimum Gasteiger partial charge on any atom is -0.387 e. The summed E-state index contributed by atoms with van der Waals surface area (Å²) in [6.45, 7) is 0. The second-order valence-corrected chi connectivity index (χ2v) is 8.09. The molecule has 8 heteroatoms. The SMILES string of the molecule is O=C(NC(c1cccc(F)c1Cl)C1(O)CCC(F)CC1)c1cccc(Cl)c1Cl. The van der Waals surface area contributed by atoms with Crippen molar-refractivity contribution in [1.29, 1.82) is 0 Å². The van der Waals surface area contributed by atoms with Gasteiger partial charge in [-0.1, -0.05) is 53.0 Å². The van der Waals surface area contributed by atoms with Crippen LogP contribution in [0.5, 0.6) is 0 Å². The van der Waals surface area contributed by atoms with Crippen molar-refractivity contribution in [1.82, 2.24) is 5.32 Å². The summed E-state index contributed by atoms with van der Waals surface area (Å²) in [6, 6.07) is 7.68. The Labute approximate surface area is 176 Å². The lowest BCUT2D eigenvalue weighted by atomic mass is 9.76. The predicted octanol–water partition coefficient (Wildman–Crippen LogP) is 5.90. The van der Waals surface area contributed by atoms with E-state index in [1.807, 2.05) is 0 Å². The smallest absolute Gasteiger partial charge is 0.253 e. The summed E-state index contributed by atoms with van der Waals surface area (Å²) in [7, 11) is 0.